The van der Waals surface area contributed by atoms with Gasteiger partial charge in [0.05, 0.1) is 0 Å². The van der Waals surface area contributed by atoms with Gasteiger partial charge in [-0.25, -0.2) is 14.8 Å². The van der Waals surface area contributed by atoms with Crippen LogP contribution >= 0.6 is 0 Å². The first-order valence-corrected chi connectivity index (χ1v) is 9.72. The lowest BCUT2D eigenvalue weighted by atomic mass is 10.1. The van der Waals surface area contributed by atoms with E-state index >= 15 is 0 Å². The van der Waals surface area contributed by atoms with Crippen LogP contribution in [-0.2, 0) is 0 Å². The third kappa shape index (κ3) is 3.91. The Morgan fingerprint density at radius 1 is 1.14 bits per heavy atom. The molecule has 1 amide bonds. The highest BCUT2D eigenvalue weighted by Crippen LogP contribution is 2.19. The van der Waals surface area contributed by atoms with E-state index in [1.54, 1.807) is 23.1 Å². The number of carbonyl (C=O) groups excluding carboxylic acids is 1. The molecule has 2 aromatic heterocycles. The molecule has 1 aliphatic heterocycles. The topological polar surface area (TPSA) is 91.6 Å². The van der Waals surface area contributed by atoms with Crippen LogP contribution in [0.4, 0.5) is 11.6 Å². The number of hydrogen-bond acceptors (Lipinski definition) is 7. The lowest BCUT2D eigenvalue weighted by molar-refractivity contribution is 0.0742. The van der Waals surface area contributed by atoms with Gasteiger partial charge in [-0.3, -0.25) is 4.79 Å². The number of para-hydroxylation sites is 1. The third-order valence-electron chi connectivity index (χ3n) is 4.95. The molecule has 1 saturated heterocycles. The summed E-state index contributed by atoms with van der Waals surface area (Å²) in [6.45, 7) is 6.94. The second-order valence-electron chi connectivity index (χ2n) is 6.95. The fourth-order valence-corrected chi connectivity index (χ4v) is 3.51. The summed E-state index contributed by atoms with van der Waals surface area (Å²) >= 11 is 0. The lowest BCUT2D eigenvalue weighted by Gasteiger charge is -2.35. The molecule has 0 saturated carbocycles. The fourth-order valence-electron chi connectivity index (χ4n) is 3.51. The molecule has 0 radical (unpaired) electrons. The molecule has 0 aliphatic carbocycles. The van der Waals surface area contributed by atoms with Crippen molar-refractivity contribution in [3.8, 4) is 0 Å². The van der Waals surface area contributed by atoms with E-state index in [1.807, 2.05) is 32.0 Å². The molecule has 8 nitrogen and oxygen atoms in total. The molecule has 29 heavy (non-hydrogen) atoms. The molecule has 1 fully saturated rings. The van der Waals surface area contributed by atoms with Crippen LogP contribution in [0.5, 0.6) is 0 Å². The molecule has 1 aliphatic rings. The van der Waals surface area contributed by atoms with Gasteiger partial charge in [-0.2, -0.15) is 0 Å². The van der Waals surface area contributed by atoms with Crippen molar-refractivity contribution in [2.24, 2.45) is 0 Å². The quantitative estimate of drug-likeness (QED) is 0.680. The second-order valence-corrected chi connectivity index (χ2v) is 6.95. The molecule has 0 unspecified atom stereocenters. The molecule has 3 aromatic rings. The van der Waals surface area contributed by atoms with Gasteiger partial charge in [0.25, 0.3) is 5.91 Å². The number of nitrogens with zero attached hydrogens (tertiary/aromatic N) is 4. The van der Waals surface area contributed by atoms with Crippen molar-refractivity contribution in [3.05, 3.63) is 58.2 Å². The van der Waals surface area contributed by atoms with Crippen LogP contribution in [0.15, 0.2) is 45.6 Å². The first-order valence-electron chi connectivity index (χ1n) is 9.72. The number of amides is 1. The summed E-state index contributed by atoms with van der Waals surface area (Å²) in [7, 11) is 0. The van der Waals surface area contributed by atoms with Gasteiger partial charge in [-0.15, -0.1) is 0 Å². The van der Waals surface area contributed by atoms with E-state index in [-0.39, 0.29) is 11.5 Å². The first kappa shape index (κ1) is 18.9. The Morgan fingerprint density at radius 2 is 1.90 bits per heavy atom. The van der Waals surface area contributed by atoms with Crippen LogP contribution in [0.2, 0.25) is 0 Å². The minimum Gasteiger partial charge on any atom is -0.422 e. The van der Waals surface area contributed by atoms with Crippen LogP contribution < -0.4 is 15.8 Å². The summed E-state index contributed by atoms with van der Waals surface area (Å²) in [4.78, 5) is 37.9. The summed E-state index contributed by atoms with van der Waals surface area (Å²) in [5, 5.41) is 3.95. The highest BCUT2D eigenvalue weighted by molar-refractivity contribution is 5.96. The number of rotatable bonds is 4. The normalized spacial score (nSPS) is 14.3. The highest BCUT2D eigenvalue weighted by atomic mass is 16.4. The Bertz CT molecular complexity index is 1100. The molecule has 8 heteroatoms. The Balaban J connectivity index is 1.49. The van der Waals surface area contributed by atoms with Gasteiger partial charge in [0.2, 0.25) is 0 Å². The number of nitrogens with one attached hydrogen (secondary N) is 1. The van der Waals surface area contributed by atoms with Crippen LogP contribution in [0, 0.1) is 6.92 Å². The van der Waals surface area contributed by atoms with E-state index in [0.29, 0.717) is 37.6 Å². The molecular formula is C21H23N5O3. The van der Waals surface area contributed by atoms with E-state index in [4.69, 9.17) is 4.42 Å². The predicted molar refractivity (Wildman–Crippen MR) is 112 cm³/mol. The van der Waals surface area contributed by atoms with E-state index in [1.165, 1.54) is 0 Å². The monoisotopic (exact) mass is 393 g/mol. The average molecular weight is 393 g/mol. The molecule has 3 heterocycles. The number of carbonyl (C=O) groups is 1. The Kier molecular flexibility index (Phi) is 5.16. The number of hydrogen-bond donors (Lipinski definition) is 1. The molecule has 1 N–H and O–H groups in total. The number of fused-ring (bicyclic) bond motifs is 1. The van der Waals surface area contributed by atoms with Gasteiger partial charge in [0.15, 0.2) is 0 Å². The van der Waals surface area contributed by atoms with E-state index in [2.05, 4.69) is 20.2 Å². The summed E-state index contributed by atoms with van der Waals surface area (Å²) in [5.74, 6) is 2.04. The van der Waals surface area contributed by atoms with Crippen molar-refractivity contribution in [1.82, 2.24) is 14.9 Å². The van der Waals surface area contributed by atoms with Gasteiger partial charge >= 0.3 is 5.63 Å². The first-order chi connectivity index (χ1) is 14.0. The number of benzene rings is 1. The molecular weight excluding hydrogens is 370 g/mol. The largest absolute Gasteiger partial charge is 0.422 e. The van der Waals surface area contributed by atoms with Crippen molar-refractivity contribution in [1.29, 1.82) is 0 Å². The molecule has 4 rings (SSSR count). The van der Waals surface area contributed by atoms with Gasteiger partial charge in [0, 0.05) is 44.2 Å². The van der Waals surface area contributed by atoms with Crippen molar-refractivity contribution in [2.75, 3.05) is 42.9 Å². The minimum absolute atomic E-state index is 0.0736. The van der Waals surface area contributed by atoms with E-state index < -0.39 is 5.63 Å². The average Bonchev–Trinajstić information content (AvgIpc) is 2.73. The number of aromatic nitrogens is 2. The summed E-state index contributed by atoms with van der Waals surface area (Å²) in [6.07, 6.45) is 0. The lowest BCUT2D eigenvalue weighted by Crippen LogP contribution is -2.49. The zero-order valence-corrected chi connectivity index (χ0v) is 16.5. The Hall–Kier alpha value is -3.42. The minimum atomic E-state index is -0.599. The number of aryl methyl sites for hydroxylation is 1. The summed E-state index contributed by atoms with van der Waals surface area (Å²) < 4.78 is 5.31. The third-order valence-corrected chi connectivity index (χ3v) is 4.95. The van der Waals surface area contributed by atoms with Crippen molar-refractivity contribution in [2.45, 2.75) is 13.8 Å². The Labute approximate surface area is 168 Å². The maximum Gasteiger partial charge on any atom is 0.349 e. The summed E-state index contributed by atoms with van der Waals surface area (Å²) in [5.41, 5.74) is -0.0446. The van der Waals surface area contributed by atoms with Gasteiger partial charge in [0.1, 0.15) is 28.6 Å². The van der Waals surface area contributed by atoms with Crippen molar-refractivity contribution in [3.63, 3.8) is 0 Å². The number of anilines is 2. The van der Waals surface area contributed by atoms with Crippen molar-refractivity contribution >= 4 is 28.5 Å². The van der Waals surface area contributed by atoms with Crippen LogP contribution in [-0.4, -0.2) is 53.5 Å². The maximum atomic E-state index is 12.9. The van der Waals surface area contributed by atoms with Crippen LogP contribution in [0.25, 0.3) is 11.0 Å². The van der Waals surface area contributed by atoms with E-state index in [9.17, 15) is 9.59 Å². The van der Waals surface area contributed by atoms with E-state index in [0.717, 1.165) is 23.6 Å². The van der Waals surface area contributed by atoms with Gasteiger partial charge < -0.3 is 19.5 Å². The second kappa shape index (κ2) is 7.90. The standard InChI is InChI=1S/C21H23N5O3/c1-3-22-18-13-19(24-14(2)23-18)25-8-10-26(11-9-25)20(27)16-12-15-6-4-5-7-17(15)29-21(16)28/h4-7,12-13H,3,8-11H2,1-2H3,(H,22,23,24). The SMILES string of the molecule is CCNc1cc(N2CCN(C(=O)c3cc4ccccc4oc3=O)CC2)nc(C)n1. The number of piperazine rings is 1. The van der Waals surface area contributed by atoms with Crippen LogP contribution in [0.1, 0.15) is 23.1 Å². The fraction of sp³-hybridized carbons (Fsp3) is 0.333. The predicted octanol–water partition coefficient (Wildman–Crippen LogP) is 2.29. The molecule has 0 bridgehead atoms. The van der Waals surface area contributed by atoms with Crippen molar-refractivity contribution < 1.29 is 9.21 Å². The van der Waals surface area contributed by atoms with Gasteiger partial charge in [-0.1, -0.05) is 18.2 Å². The zero-order valence-electron chi connectivity index (χ0n) is 16.5. The Morgan fingerprint density at radius 3 is 2.66 bits per heavy atom. The molecule has 0 spiro atoms. The summed E-state index contributed by atoms with van der Waals surface area (Å²) in [6, 6.07) is 10.7. The molecule has 0 atom stereocenters. The zero-order chi connectivity index (χ0) is 20.4. The molecule has 1 aromatic carbocycles. The maximum absolute atomic E-state index is 12.9. The smallest absolute Gasteiger partial charge is 0.349 e. The van der Waals surface area contributed by atoms with Gasteiger partial charge in [-0.05, 0) is 26.0 Å². The highest BCUT2D eigenvalue weighted by Gasteiger charge is 2.25. The molecule has 150 valence electrons. The van der Waals surface area contributed by atoms with Crippen LogP contribution in [0.3, 0.4) is 0 Å².